The number of nitrogens with one attached hydrogen (secondary N) is 2. The van der Waals surface area contributed by atoms with Crippen LogP contribution in [0.25, 0.3) is 22.1 Å². The second kappa shape index (κ2) is 5.68. The summed E-state index contributed by atoms with van der Waals surface area (Å²) in [6.07, 6.45) is 3.42. The lowest BCUT2D eigenvalue weighted by atomic mass is 9.51. The molecule has 1 saturated heterocycles. The summed E-state index contributed by atoms with van der Waals surface area (Å²) in [5.41, 5.74) is 6.83. The van der Waals surface area contributed by atoms with Crippen LogP contribution < -0.4 is 0 Å². The summed E-state index contributed by atoms with van der Waals surface area (Å²) < 4.78 is 0. The van der Waals surface area contributed by atoms with Crippen LogP contribution in [-0.2, 0) is 11.8 Å². The Kier molecular flexibility index (Phi) is 3.34. The van der Waals surface area contributed by atoms with Crippen molar-refractivity contribution in [3.05, 3.63) is 53.3 Å². The van der Waals surface area contributed by atoms with Crippen LogP contribution in [0.1, 0.15) is 48.7 Å². The van der Waals surface area contributed by atoms with Gasteiger partial charge in [-0.15, -0.1) is 0 Å². The fourth-order valence-electron chi connectivity index (χ4n) is 5.73. The van der Waals surface area contributed by atoms with Gasteiger partial charge in [-0.05, 0) is 59.7 Å². The van der Waals surface area contributed by atoms with Crippen LogP contribution in [0.4, 0.5) is 0 Å². The fourth-order valence-corrected chi connectivity index (χ4v) is 5.73. The Hall–Kier alpha value is -3.22. The van der Waals surface area contributed by atoms with Gasteiger partial charge in [0.1, 0.15) is 11.0 Å². The van der Waals surface area contributed by atoms with E-state index >= 15 is 0 Å². The Balaban J connectivity index is 1.45. The molecule has 1 aliphatic carbocycles. The Morgan fingerprint density at radius 3 is 2.73 bits per heavy atom. The number of H-pyrrole nitrogens is 2. The fraction of sp³-hybridized carbons (Fsp3) is 0.391. The first kappa shape index (κ1) is 17.6. The summed E-state index contributed by atoms with van der Waals surface area (Å²) in [5, 5.41) is 11.3. The molecule has 1 amide bonds. The zero-order valence-electron chi connectivity index (χ0n) is 17.4. The second-order valence-electron chi connectivity index (χ2n) is 9.48. The first-order chi connectivity index (χ1) is 14.4. The average Bonchev–Trinajstić information content (AvgIpc) is 3.37. The summed E-state index contributed by atoms with van der Waals surface area (Å²) in [6.45, 7) is 7.72. The van der Waals surface area contributed by atoms with Crippen LogP contribution in [0.15, 0.2) is 36.7 Å². The number of rotatable bonds is 1. The number of benzene rings is 2. The zero-order chi connectivity index (χ0) is 20.7. The van der Waals surface area contributed by atoms with Crippen LogP contribution in [0.5, 0.6) is 0 Å². The number of aromatic amines is 2. The number of piperidine rings is 1. The number of aromatic nitrogens is 5. The predicted molar refractivity (Wildman–Crippen MR) is 114 cm³/mol. The third-order valence-electron chi connectivity index (χ3n) is 7.96. The number of amides is 1. The highest BCUT2D eigenvalue weighted by atomic mass is 16.2. The van der Waals surface area contributed by atoms with E-state index in [1.54, 1.807) is 6.33 Å². The lowest BCUT2D eigenvalue weighted by Crippen LogP contribution is -2.64. The third kappa shape index (κ3) is 2.15. The van der Waals surface area contributed by atoms with Crippen molar-refractivity contribution in [2.45, 2.75) is 45.1 Å². The average molecular weight is 400 g/mol. The summed E-state index contributed by atoms with van der Waals surface area (Å²) in [6, 6.07) is 10.2. The van der Waals surface area contributed by atoms with Gasteiger partial charge in [0.2, 0.25) is 0 Å². The van der Waals surface area contributed by atoms with Gasteiger partial charge >= 0.3 is 0 Å². The molecule has 2 N–H and O–H groups in total. The van der Waals surface area contributed by atoms with Crippen molar-refractivity contribution in [3.63, 3.8) is 0 Å². The highest BCUT2D eigenvalue weighted by molar-refractivity contribution is 5.97. The Morgan fingerprint density at radius 2 is 1.90 bits per heavy atom. The maximum Gasteiger partial charge on any atom is 0.254 e. The first-order valence-electron chi connectivity index (χ1n) is 10.5. The molecule has 1 aliphatic heterocycles. The van der Waals surface area contributed by atoms with Crippen LogP contribution >= 0.6 is 0 Å². The molecule has 4 aromatic rings. The van der Waals surface area contributed by atoms with Gasteiger partial charge < -0.3 is 9.88 Å². The van der Waals surface area contributed by atoms with E-state index in [1.807, 2.05) is 18.2 Å². The number of fused-ring (bicyclic) bond motifs is 6. The number of nitrogens with zero attached hydrogens (tertiary/aromatic N) is 4. The maximum absolute atomic E-state index is 13.6. The normalized spacial score (nSPS) is 24.9. The summed E-state index contributed by atoms with van der Waals surface area (Å²) in [4.78, 5) is 23.1. The molecule has 0 spiro atoms. The van der Waals surface area contributed by atoms with E-state index in [0.29, 0.717) is 5.56 Å². The molecule has 0 unspecified atom stereocenters. The van der Waals surface area contributed by atoms with Crippen LogP contribution in [0, 0.1) is 5.41 Å². The minimum absolute atomic E-state index is 0.0253. The van der Waals surface area contributed by atoms with Crippen molar-refractivity contribution in [2.75, 3.05) is 6.54 Å². The summed E-state index contributed by atoms with van der Waals surface area (Å²) in [5.74, 6) is 0.0950. The standard InChI is InChI=1S/C23H24N6O/c1-22(2)20-10-14-9-18-19(27-28-26-18)11-15(14)23(22,3)6-7-29(20)21(30)13-4-5-16-17(8-13)25-12-24-16/h4-5,8-9,11-12,20H,6-7,10H2,1-3H3,(H,24,25)(H,26,27,28)/t20-,23+/m1/s1. The molecule has 2 aliphatic rings. The van der Waals surface area contributed by atoms with Gasteiger partial charge in [0.25, 0.3) is 5.91 Å². The van der Waals surface area contributed by atoms with Gasteiger partial charge in [0.15, 0.2) is 0 Å². The minimum atomic E-state index is -0.0661. The number of likely N-dealkylation sites (tertiary alicyclic amines) is 1. The van der Waals surface area contributed by atoms with Crippen molar-refractivity contribution in [1.29, 1.82) is 0 Å². The molecule has 6 rings (SSSR count). The monoisotopic (exact) mass is 400 g/mol. The molecule has 2 aromatic heterocycles. The molecule has 2 aromatic carbocycles. The molecular weight excluding hydrogens is 376 g/mol. The zero-order valence-corrected chi connectivity index (χ0v) is 17.4. The van der Waals surface area contributed by atoms with E-state index in [9.17, 15) is 4.79 Å². The molecule has 2 bridgehead atoms. The number of imidazole rings is 1. The highest BCUT2D eigenvalue weighted by Crippen LogP contribution is 2.56. The SMILES string of the molecule is CC1(C)[C@H]2Cc3cc4n[nH]nc4cc3[C@]1(C)CCN2C(=O)c1ccc2nc[nH]c2c1. The third-order valence-corrected chi connectivity index (χ3v) is 7.96. The van der Waals surface area contributed by atoms with Gasteiger partial charge in [-0.2, -0.15) is 15.4 Å². The number of carbonyl (C=O) groups is 1. The van der Waals surface area contributed by atoms with Crippen molar-refractivity contribution in [2.24, 2.45) is 5.41 Å². The van der Waals surface area contributed by atoms with Gasteiger partial charge in [-0.3, -0.25) is 4.79 Å². The molecule has 3 heterocycles. The molecule has 1 fully saturated rings. The first-order valence-corrected chi connectivity index (χ1v) is 10.5. The Bertz CT molecular complexity index is 1320. The smallest absolute Gasteiger partial charge is 0.254 e. The number of hydrogen-bond donors (Lipinski definition) is 2. The van der Waals surface area contributed by atoms with Crippen LogP contribution in [0.2, 0.25) is 0 Å². The molecule has 30 heavy (non-hydrogen) atoms. The molecule has 7 nitrogen and oxygen atoms in total. The van der Waals surface area contributed by atoms with Crippen LogP contribution in [0.3, 0.4) is 0 Å². The second-order valence-corrected chi connectivity index (χ2v) is 9.48. The minimum Gasteiger partial charge on any atom is -0.345 e. The van der Waals surface area contributed by atoms with E-state index < -0.39 is 0 Å². The number of hydrogen-bond acceptors (Lipinski definition) is 4. The quantitative estimate of drug-likeness (QED) is 0.511. The van der Waals surface area contributed by atoms with E-state index in [0.717, 1.165) is 41.5 Å². The van der Waals surface area contributed by atoms with Gasteiger partial charge in [-0.1, -0.05) is 20.8 Å². The van der Waals surface area contributed by atoms with Crippen molar-refractivity contribution < 1.29 is 4.79 Å². The predicted octanol–water partition coefficient (Wildman–Crippen LogP) is 3.59. The summed E-state index contributed by atoms with van der Waals surface area (Å²) >= 11 is 0. The lowest BCUT2D eigenvalue weighted by molar-refractivity contribution is -0.0261. The van der Waals surface area contributed by atoms with Crippen molar-refractivity contribution in [1.82, 2.24) is 30.3 Å². The van der Waals surface area contributed by atoms with E-state index in [4.69, 9.17) is 0 Å². The number of carbonyl (C=O) groups excluding carboxylic acids is 1. The highest BCUT2D eigenvalue weighted by Gasteiger charge is 2.57. The molecule has 0 radical (unpaired) electrons. The van der Waals surface area contributed by atoms with Crippen molar-refractivity contribution in [3.8, 4) is 0 Å². The summed E-state index contributed by atoms with van der Waals surface area (Å²) in [7, 11) is 0. The molecule has 0 saturated carbocycles. The molecule has 2 atom stereocenters. The molecule has 152 valence electrons. The van der Waals surface area contributed by atoms with E-state index in [1.165, 1.54) is 11.1 Å². The van der Waals surface area contributed by atoms with Crippen molar-refractivity contribution >= 4 is 28.0 Å². The van der Waals surface area contributed by atoms with Gasteiger partial charge in [0.05, 0.1) is 17.4 Å². The largest absolute Gasteiger partial charge is 0.345 e. The van der Waals surface area contributed by atoms with E-state index in [2.05, 4.69) is 63.2 Å². The topological polar surface area (TPSA) is 90.6 Å². The lowest BCUT2D eigenvalue weighted by Gasteiger charge is -2.60. The van der Waals surface area contributed by atoms with E-state index in [-0.39, 0.29) is 22.8 Å². The molecule has 7 heteroatoms. The Morgan fingerprint density at radius 1 is 1.10 bits per heavy atom. The maximum atomic E-state index is 13.6. The van der Waals surface area contributed by atoms with Gasteiger partial charge in [0, 0.05) is 23.6 Å². The van der Waals surface area contributed by atoms with Crippen LogP contribution in [-0.4, -0.2) is 48.8 Å². The Labute approximate surface area is 173 Å². The van der Waals surface area contributed by atoms with Gasteiger partial charge in [-0.25, -0.2) is 4.98 Å². The molecular formula is C23H24N6O.